The van der Waals surface area contributed by atoms with Gasteiger partial charge in [0.2, 0.25) is 15.9 Å². The fraction of sp³-hybridized carbons (Fsp3) is 0.455. The van der Waals surface area contributed by atoms with Crippen molar-refractivity contribution in [1.29, 1.82) is 0 Å². The maximum atomic E-state index is 12.1. The Labute approximate surface area is 111 Å². The number of aromatic amines is 1. The van der Waals surface area contributed by atoms with Gasteiger partial charge in [-0.2, -0.15) is 5.10 Å². The Morgan fingerprint density at radius 3 is 2.68 bits per heavy atom. The van der Waals surface area contributed by atoms with Gasteiger partial charge in [0, 0.05) is 6.42 Å². The van der Waals surface area contributed by atoms with E-state index in [1.165, 1.54) is 0 Å². The lowest BCUT2D eigenvalue weighted by Gasteiger charge is -2.04. The van der Waals surface area contributed by atoms with Crippen molar-refractivity contribution in [2.75, 3.05) is 0 Å². The minimum Gasteiger partial charge on any atom is -0.444 e. The Hall–Kier alpha value is -1.67. The van der Waals surface area contributed by atoms with Gasteiger partial charge in [-0.15, -0.1) is 0 Å². The molecule has 7 nitrogen and oxygen atoms in total. The monoisotopic (exact) mass is 284 g/mol. The average Bonchev–Trinajstić information content (AvgIpc) is 2.94. The molecule has 19 heavy (non-hydrogen) atoms. The number of rotatable bonds is 5. The molecule has 0 fully saturated rings. The normalized spacial score (nSPS) is 11.9. The van der Waals surface area contributed by atoms with Crippen LogP contribution >= 0.6 is 0 Å². The number of nitrogens with zero attached hydrogens (tertiary/aromatic N) is 2. The number of aromatic nitrogens is 3. The van der Waals surface area contributed by atoms with E-state index < -0.39 is 10.0 Å². The highest BCUT2D eigenvalue weighted by atomic mass is 32.2. The number of oxazole rings is 1. The molecule has 2 aromatic heterocycles. The molecule has 0 saturated heterocycles. The number of hydrogen-bond acceptors (Lipinski definition) is 5. The van der Waals surface area contributed by atoms with E-state index in [4.69, 9.17) is 4.42 Å². The van der Waals surface area contributed by atoms with Gasteiger partial charge in [-0.1, -0.05) is 6.92 Å². The van der Waals surface area contributed by atoms with Crippen molar-refractivity contribution in [3.63, 3.8) is 0 Å². The number of H-pyrrole nitrogens is 1. The van der Waals surface area contributed by atoms with Crippen LogP contribution < -0.4 is 4.72 Å². The SMILES string of the molecule is CCc1cnc(CNS(=O)(=O)c2c(C)n[nH]c2C)o1. The average molecular weight is 284 g/mol. The first kappa shape index (κ1) is 13.8. The first-order chi connectivity index (χ1) is 8.94. The van der Waals surface area contributed by atoms with Crippen LogP contribution in [0, 0.1) is 13.8 Å². The predicted molar refractivity (Wildman–Crippen MR) is 68.0 cm³/mol. The molecular weight excluding hydrogens is 268 g/mol. The fourth-order valence-corrected chi connectivity index (χ4v) is 3.10. The minimum absolute atomic E-state index is 0.0202. The highest BCUT2D eigenvalue weighted by molar-refractivity contribution is 7.89. The summed E-state index contributed by atoms with van der Waals surface area (Å²) in [4.78, 5) is 4.17. The van der Waals surface area contributed by atoms with Crippen LogP contribution in [0.25, 0.3) is 0 Å². The van der Waals surface area contributed by atoms with Crippen molar-refractivity contribution in [3.05, 3.63) is 29.2 Å². The molecule has 0 saturated carbocycles. The highest BCUT2D eigenvalue weighted by Crippen LogP contribution is 2.16. The lowest BCUT2D eigenvalue weighted by Crippen LogP contribution is -2.24. The zero-order chi connectivity index (χ0) is 14.0. The van der Waals surface area contributed by atoms with Crippen LogP contribution in [-0.2, 0) is 23.0 Å². The molecule has 104 valence electrons. The summed E-state index contributed by atoms with van der Waals surface area (Å²) >= 11 is 0. The molecule has 0 amide bonds. The number of hydrogen-bond donors (Lipinski definition) is 2. The van der Waals surface area contributed by atoms with Crippen molar-refractivity contribution >= 4 is 10.0 Å². The van der Waals surface area contributed by atoms with Gasteiger partial charge >= 0.3 is 0 Å². The van der Waals surface area contributed by atoms with Crippen molar-refractivity contribution in [3.8, 4) is 0 Å². The highest BCUT2D eigenvalue weighted by Gasteiger charge is 2.22. The van der Waals surface area contributed by atoms with E-state index in [1.54, 1.807) is 20.0 Å². The third-order valence-corrected chi connectivity index (χ3v) is 4.36. The van der Waals surface area contributed by atoms with Crippen LogP contribution in [0.5, 0.6) is 0 Å². The van der Waals surface area contributed by atoms with Gasteiger partial charge < -0.3 is 4.42 Å². The molecular formula is C11H16N4O3S. The second kappa shape index (κ2) is 5.14. The fourth-order valence-electron chi connectivity index (χ4n) is 1.76. The molecule has 8 heteroatoms. The standard InChI is InChI=1S/C11H16N4O3S/c1-4-9-5-12-10(18-9)6-13-19(16,17)11-7(2)14-15-8(11)3/h5,13H,4,6H2,1-3H3,(H,14,15). The van der Waals surface area contributed by atoms with E-state index >= 15 is 0 Å². The number of aryl methyl sites for hydroxylation is 3. The van der Waals surface area contributed by atoms with Crippen molar-refractivity contribution < 1.29 is 12.8 Å². The molecule has 0 radical (unpaired) electrons. The van der Waals surface area contributed by atoms with E-state index in [1.807, 2.05) is 6.92 Å². The van der Waals surface area contributed by atoms with Gasteiger partial charge in [0.05, 0.1) is 24.1 Å². The molecule has 0 unspecified atom stereocenters. The van der Waals surface area contributed by atoms with E-state index in [9.17, 15) is 8.42 Å². The van der Waals surface area contributed by atoms with Crippen LogP contribution in [0.1, 0.15) is 30.0 Å². The molecule has 0 aliphatic heterocycles. The Morgan fingerprint density at radius 2 is 2.16 bits per heavy atom. The van der Waals surface area contributed by atoms with Gasteiger partial charge in [-0.05, 0) is 13.8 Å². The first-order valence-electron chi connectivity index (χ1n) is 5.89. The molecule has 0 aliphatic carbocycles. The lowest BCUT2D eigenvalue weighted by molar-refractivity contribution is 0.452. The Balaban J connectivity index is 2.14. The third kappa shape index (κ3) is 2.85. The summed E-state index contributed by atoms with van der Waals surface area (Å²) in [7, 11) is -3.62. The summed E-state index contributed by atoms with van der Waals surface area (Å²) in [6, 6.07) is 0. The molecule has 0 spiro atoms. The quantitative estimate of drug-likeness (QED) is 0.854. The topological polar surface area (TPSA) is 101 Å². The van der Waals surface area contributed by atoms with E-state index in [-0.39, 0.29) is 11.4 Å². The molecule has 2 heterocycles. The third-order valence-electron chi connectivity index (χ3n) is 2.69. The first-order valence-corrected chi connectivity index (χ1v) is 7.37. The van der Waals surface area contributed by atoms with Gasteiger partial charge in [0.25, 0.3) is 0 Å². The molecule has 0 atom stereocenters. The smallest absolute Gasteiger partial charge is 0.244 e. The van der Waals surface area contributed by atoms with E-state index in [0.29, 0.717) is 17.3 Å². The van der Waals surface area contributed by atoms with Crippen LogP contribution in [0.4, 0.5) is 0 Å². The van der Waals surface area contributed by atoms with Gasteiger partial charge in [-0.3, -0.25) is 5.10 Å². The summed E-state index contributed by atoms with van der Waals surface area (Å²) in [5.74, 6) is 1.07. The van der Waals surface area contributed by atoms with Crippen molar-refractivity contribution in [1.82, 2.24) is 19.9 Å². The van der Waals surface area contributed by atoms with Crippen LogP contribution in [0.2, 0.25) is 0 Å². The Kier molecular flexibility index (Phi) is 3.72. The van der Waals surface area contributed by atoms with E-state index in [0.717, 1.165) is 12.2 Å². The van der Waals surface area contributed by atoms with E-state index in [2.05, 4.69) is 19.9 Å². The molecule has 2 rings (SSSR count). The van der Waals surface area contributed by atoms with Gasteiger partial charge in [0.15, 0.2) is 0 Å². The van der Waals surface area contributed by atoms with Crippen molar-refractivity contribution in [2.24, 2.45) is 0 Å². The summed E-state index contributed by atoms with van der Waals surface area (Å²) in [5.41, 5.74) is 0.943. The molecule has 0 aromatic carbocycles. The minimum atomic E-state index is -3.62. The molecule has 0 aliphatic rings. The van der Waals surface area contributed by atoms with Gasteiger partial charge in [0.1, 0.15) is 10.7 Å². The zero-order valence-electron chi connectivity index (χ0n) is 11.0. The molecule has 2 aromatic rings. The maximum Gasteiger partial charge on any atom is 0.244 e. The predicted octanol–water partition coefficient (Wildman–Crippen LogP) is 1.06. The summed E-state index contributed by atoms with van der Waals surface area (Å²) < 4.78 is 32.1. The van der Waals surface area contributed by atoms with Crippen LogP contribution in [0.3, 0.4) is 0 Å². The second-order valence-corrected chi connectivity index (χ2v) is 5.87. The summed E-state index contributed by atoms with van der Waals surface area (Å²) in [6.07, 6.45) is 2.32. The van der Waals surface area contributed by atoms with Crippen molar-refractivity contribution in [2.45, 2.75) is 38.6 Å². The van der Waals surface area contributed by atoms with Crippen LogP contribution in [0.15, 0.2) is 15.5 Å². The van der Waals surface area contributed by atoms with Gasteiger partial charge in [-0.25, -0.2) is 18.1 Å². The Morgan fingerprint density at radius 1 is 1.42 bits per heavy atom. The molecule has 0 bridgehead atoms. The number of nitrogens with one attached hydrogen (secondary N) is 2. The summed E-state index contributed by atoms with van der Waals surface area (Å²) in [5, 5.41) is 6.52. The largest absolute Gasteiger partial charge is 0.444 e. The molecule has 2 N–H and O–H groups in total. The zero-order valence-corrected chi connectivity index (χ0v) is 11.8. The maximum absolute atomic E-state index is 12.1. The lowest BCUT2D eigenvalue weighted by atomic mass is 10.4. The Bertz CT molecular complexity index is 652. The van der Waals surface area contributed by atoms with Crippen LogP contribution in [-0.4, -0.2) is 23.6 Å². The second-order valence-electron chi connectivity index (χ2n) is 4.16. The summed E-state index contributed by atoms with van der Waals surface area (Å²) in [6.45, 7) is 5.26. The number of sulfonamides is 1.